The van der Waals surface area contributed by atoms with Crippen LogP contribution in [0.15, 0.2) is 85.6 Å². The van der Waals surface area contributed by atoms with E-state index in [1.807, 2.05) is 53.4 Å². The normalized spacial score (nSPS) is 15.5. The van der Waals surface area contributed by atoms with E-state index in [-0.39, 0.29) is 23.9 Å². The van der Waals surface area contributed by atoms with Gasteiger partial charge < -0.3 is 15.2 Å². The summed E-state index contributed by atoms with van der Waals surface area (Å²) in [4.78, 5) is 42.2. The van der Waals surface area contributed by atoms with Crippen molar-refractivity contribution in [1.82, 2.24) is 30.1 Å². The molecule has 2 N–H and O–H groups in total. The van der Waals surface area contributed by atoms with Crippen LogP contribution in [0.4, 0.5) is 0 Å². The molecule has 2 aromatic carbocycles. The zero-order chi connectivity index (χ0) is 29.3. The Labute approximate surface area is 250 Å². The number of nitrogens with zero attached hydrogens (tertiary/aromatic N) is 5. The van der Waals surface area contributed by atoms with Crippen molar-refractivity contribution in [2.75, 3.05) is 19.6 Å². The molecule has 1 saturated heterocycles. The Bertz CT molecular complexity index is 1520. The molecule has 0 saturated carbocycles. The SMILES string of the molecule is N#Cc1ccc(CC(c2cnc[nH]2)N(CCCNC(=O)c2cccnc2)[C@H]2CCN(Cc3cccc(Cl)c3)C2=O)cc1. The topological polar surface area (TPSA) is 118 Å². The summed E-state index contributed by atoms with van der Waals surface area (Å²) in [6.45, 7) is 2.16. The minimum Gasteiger partial charge on any atom is -0.352 e. The molecule has 10 heteroatoms. The van der Waals surface area contributed by atoms with E-state index in [9.17, 15) is 14.9 Å². The van der Waals surface area contributed by atoms with Crippen LogP contribution in [0.3, 0.4) is 0 Å². The fourth-order valence-electron chi connectivity index (χ4n) is 5.43. The van der Waals surface area contributed by atoms with E-state index in [0.717, 1.165) is 16.8 Å². The number of carbonyl (C=O) groups excluding carboxylic acids is 2. The summed E-state index contributed by atoms with van der Waals surface area (Å²) in [5.41, 5.74) is 4.04. The predicted octanol–water partition coefficient (Wildman–Crippen LogP) is 4.54. The quantitative estimate of drug-likeness (QED) is 0.237. The lowest BCUT2D eigenvalue weighted by molar-refractivity contribution is -0.133. The molecule has 2 amide bonds. The standard InChI is InChI=1S/C32H32ClN7O2/c33-27-6-1-4-25(16-27)21-39-15-11-29(32(39)42)40(14-3-13-37-31(41)26-5-2-12-35-19-26)30(28-20-36-22-38-28)17-23-7-9-24(18-34)10-8-23/h1-2,4-10,12,16,19-20,22,29-30H,3,11,13-15,17,21H2,(H,36,38)(H,37,41)/t29-,30?/m0/s1. The van der Waals surface area contributed by atoms with Gasteiger partial charge in [-0.3, -0.25) is 19.5 Å². The molecule has 214 valence electrons. The molecule has 0 radical (unpaired) electrons. The Kier molecular flexibility index (Phi) is 9.59. The van der Waals surface area contributed by atoms with Gasteiger partial charge in [0.1, 0.15) is 0 Å². The van der Waals surface area contributed by atoms with E-state index in [1.54, 1.807) is 37.1 Å². The second-order valence-corrected chi connectivity index (χ2v) is 10.8. The largest absolute Gasteiger partial charge is 0.352 e. The zero-order valence-electron chi connectivity index (χ0n) is 23.1. The van der Waals surface area contributed by atoms with Gasteiger partial charge in [0.05, 0.1) is 41.3 Å². The molecule has 1 unspecified atom stereocenters. The Morgan fingerprint density at radius 2 is 2.00 bits per heavy atom. The van der Waals surface area contributed by atoms with Gasteiger partial charge in [-0.1, -0.05) is 35.9 Å². The van der Waals surface area contributed by atoms with Crippen LogP contribution in [0, 0.1) is 11.3 Å². The number of aromatic amines is 1. The number of hydrogen-bond donors (Lipinski definition) is 2. The number of hydrogen-bond acceptors (Lipinski definition) is 6. The van der Waals surface area contributed by atoms with Crippen LogP contribution in [-0.2, 0) is 17.8 Å². The number of rotatable bonds is 12. The van der Waals surface area contributed by atoms with Crippen molar-refractivity contribution in [3.8, 4) is 6.07 Å². The maximum Gasteiger partial charge on any atom is 0.252 e. The van der Waals surface area contributed by atoms with E-state index >= 15 is 0 Å². The molecule has 2 aromatic heterocycles. The Hall–Kier alpha value is -4.52. The fraction of sp³-hybridized carbons (Fsp3) is 0.281. The third kappa shape index (κ3) is 7.21. The monoisotopic (exact) mass is 581 g/mol. The van der Waals surface area contributed by atoms with Gasteiger partial charge in [-0.05, 0) is 66.8 Å². The summed E-state index contributed by atoms with van der Waals surface area (Å²) in [5, 5.41) is 12.9. The average Bonchev–Trinajstić information content (AvgIpc) is 3.68. The second-order valence-electron chi connectivity index (χ2n) is 10.3. The van der Waals surface area contributed by atoms with Crippen molar-refractivity contribution in [1.29, 1.82) is 5.26 Å². The van der Waals surface area contributed by atoms with Crippen LogP contribution in [0.1, 0.15) is 51.6 Å². The molecule has 1 fully saturated rings. The number of nitrogens with one attached hydrogen (secondary N) is 2. The number of aromatic nitrogens is 3. The summed E-state index contributed by atoms with van der Waals surface area (Å²) in [5.74, 6) is -0.110. The van der Waals surface area contributed by atoms with Crippen molar-refractivity contribution in [3.63, 3.8) is 0 Å². The highest BCUT2D eigenvalue weighted by Crippen LogP contribution is 2.31. The lowest BCUT2D eigenvalue weighted by atomic mass is 9.98. The number of H-pyrrole nitrogens is 1. The molecule has 0 bridgehead atoms. The van der Waals surface area contributed by atoms with Crippen molar-refractivity contribution in [2.45, 2.75) is 37.9 Å². The van der Waals surface area contributed by atoms with Crippen molar-refractivity contribution in [3.05, 3.63) is 119 Å². The van der Waals surface area contributed by atoms with Gasteiger partial charge in [0.15, 0.2) is 0 Å². The van der Waals surface area contributed by atoms with Crippen LogP contribution < -0.4 is 5.32 Å². The predicted molar refractivity (Wildman–Crippen MR) is 159 cm³/mol. The molecule has 9 nitrogen and oxygen atoms in total. The van der Waals surface area contributed by atoms with Crippen LogP contribution in [0.2, 0.25) is 5.02 Å². The first-order valence-electron chi connectivity index (χ1n) is 14.0. The van der Waals surface area contributed by atoms with Crippen LogP contribution >= 0.6 is 11.6 Å². The van der Waals surface area contributed by atoms with Crippen molar-refractivity contribution < 1.29 is 9.59 Å². The molecular formula is C32H32ClN7O2. The van der Waals surface area contributed by atoms with E-state index in [2.05, 4.69) is 31.2 Å². The summed E-state index contributed by atoms with van der Waals surface area (Å²) in [7, 11) is 0. The van der Waals surface area contributed by atoms with Gasteiger partial charge in [0.2, 0.25) is 5.91 Å². The number of pyridine rings is 1. The zero-order valence-corrected chi connectivity index (χ0v) is 23.9. The Morgan fingerprint density at radius 3 is 2.71 bits per heavy atom. The minimum atomic E-state index is -0.343. The number of imidazole rings is 1. The third-order valence-electron chi connectivity index (χ3n) is 7.53. The van der Waals surface area contributed by atoms with E-state index in [1.165, 1.54) is 0 Å². The molecule has 1 aliphatic heterocycles. The molecule has 42 heavy (non-hydrogen) atoms. The molecule has 2 atom stereocenters. The van der Waals surface area contributed by atoms with Gasteiger partial charge in [-0.15, -0.1) is 0 Å². The number of likely N-dealkylation sites (tertiary alicyclic amines) is 1. The Balaban J connectivity index is 1.36. The van der Waals surface area contributed by atoms with Crippen LogP contribution in [0.25, 0.3) is 0 Å². The van der Waals surface area contributed by atoms with E-state index in [4.69, 9.17) is 11.6 Å². The maximum absolute atomic E-state index is 13.9. The summed E-state index contributed by atoms with van der Waals surface area (Å²) >= 11 is 6.20. The molecule has 0 aliphatic carbocycles. The number of amides is 2. The van der Waals surface area contributed by atoms with Crippen molar-refractivity contribution >= 4 is 23.4 Å². The van der Waals surface area contributed by atoms with Crippen molar-refractivity contribution in [2.24, 2.45) is 0 Å². The molecule has 3 heterocycles. The Morgan fingerprint density at radius 1 is 1.14 bits per heavy atom. The number of halogens is 1. The van der Waals surface area contributed by atoms with Gasteiger partial charge in [-0.25, -0.2) is 4.98 Å². The highest BCUT2D eigenvalue weighted by Gasteiger charge is 2.39. The first-order chi connectivity index (χ1) is 20.5. The summed E-state index contributed by atoms with van der Waals surface area (Å²) in [6, 6.07) is 20.2. The van der Waals surface area contributed by atoms with Crippen LogP contribution in [0.5, 0.6) is 0 Å². The number of benzene rings is 2. The first kappa shape index (κ1) is 29.0. The van der Waals surface area contributed by atoms with Crippen LogP contribution in [-0.4, -0.2) is 62.2 Å². The smallest absolute Gasteiger partial charge is 0.252 e. The maximum atomic E-state index is 13.9. The van der Waals surface area contributed by atoms with Gasteiger partial charge in [-0.2, -0.15) is 5.26 Å². The average molecular weight is 582 g/mol. The number of carbonyl (C=O) groups is 2. The summed E-state index contributed by atoms with van der Waals surface area (Å²) < 4.78 is 0. The molecule has 1 aliphatic rings. The third-order valence-corrected chi connectivity index (χ3v) is 7.76. The second kappa shape index (κ2) is 13.9. The lowest BCUT2D eigenvalue weighted by Crippen LogP contribution is -2.45. The van der Waals surface area contributed by atoms with Gasteiger partial charge >= 0.3 is 0 Å². The highest BCUT2D eigenvalue weighted by molar-refractivity contribution is 6.30. The van der Waals surface area contributed by atoms with E-state index in [0.29, 0.717) is 61.6 Å². The molecular weight excluding hydrogens is 550 g/mol. The number of nitriles is 1. The molecule has 0 spiro atoms. The highest BCUT2D eigenvalue weighted by atomic mass is 35.5. The van der Waals surface area contributed by atoms with E-state index < -0.39 is 0 Å². The first-order valence-corrected chi connectivity index (χ1v) is 14.3. The summed E-state index contributed by atoms with van der Waals surface area (Å²) in [6.07, 6.45) is 8.56. The molecule has 5 rings (SSSR count). The fourth-order valence-corrected chi connectivity index (χ4v) is 5.64. The minimum absolute atomic E-state index is 0.0683. The molecule has 4 aromatic rings. The van der Waals surface area contributed by atoms with Gasteiger partial charge in [0, 0.05) is 49.8 Å². The lowest BCUT2D eigenvalue weighted by Gasteiger charge is -2.35. The van der Waals surface area contributed by atoms with Gasteiger partial charge in [0.25, 0.3) is 5.91 Å².